The number of aliphatic hydroxyl groups is 1. The predicted molar refractivity (Wildman–Crippen MR) is 62.2 cm³/mol. The first-order chi connectivity index (χ1) is 8.22. The number of anilines is 1. The van der Waals surface area contributed by atoms with Crippen molar-refractivity contribution >= 4 is 17.0 Å². The van der Waals surface area contributed by atoms with Crippen molar-refractivity contribution in [2.45, 2.75) is 19.6 Å². The van der Waals surface area contributed by atoms with Crippen LogP contribution >= 0.6 is 0 Å². The number of aromatic nitrogens is 4. The molecule has 1 unspecified atom stereocenters. The second-order valence-electron chi connectivity index (χ2n) is 3.64. The Morgan fingerprint density at radius 3 is 3.06 bits per heavy atom. The van der Waals surface area contributed by atoms with Gasteiger partial charge in [0, 0.05) is 6.61 Å². The summed E-state index contributed by atoms with van der Waals surface area (Å²) in [4.78, 5) is 12.1. The average molecular weight is 237 g/mol. The molecule has 0 aliphatic heterocycles. The number of imidazole rings is 1. The van der Waals surface area contributed by atoms with Gasteiger partial charge in [0.15, 0.2) is 11.5 Å². The fraction of sp³-hybridized carbons (Fsp3) is 0.500. The molecule has 0 bridgehead atoms. The molecule has 2 heterocycles. The van der Waals surface area contributed by atoms with Crippen molar-refractivity contribution in [3.05, 3.63) is 12.7 Å². The van der Waals surface area contributed by atoms with E-state index >= 15 is 0 Å². The summed E-state index contributed by atoms with van der Waals surface area (Å²) in [6, 6.07) is 0. The van der Waals surface area contributed by atoms with Crippen LogP contribution < -0.4 is 5.73 Å². The number of nitrogens with zero attached hydrogens (tertiary/aromatic N) is 4. The van der Waals surface area contributed by atoms with Crippen LogP contribution in [0.4, 0.5) is 5.82 Å². The molecule has 0 saturated carbocycles. The largest absolute Gasteiger partial charge is 0.389 e. The van der Waals surface area contributed by atoms with E-state index in [9.17, 15) is 5.11 Å². The molecule has 2 aromatic rings. The van der Waals surface area contributed by atoms with E-state index < -0.39 is 6.10 Å². The lowest BCUT2D eigenvalue weighted by molar-refractivity contribution is 0.0340. The Balaban J connectivity index is 2.16. The number of ether oxygens (including phenoxy) is 1. The highest BCUT2D eigenvalue weighted by molar-refractivity contribution is 5.81. The zero-order chi connectivity index (χ0) is 12.3. The quantitative estimate of drug-likeness (QED) is 0.747. The van der Waals surface area contributed by atoms with Crippen LogP contribution in [0.15, 0.2) is 12.7 Å². The smallest absolute Gasteiger partial charge is 0.165 e. The monoisotopic (exact) mass is 237 g/mol. The minimum atomic E-state index is -0.594. The van der Waals surface area contributed by atoms with Crippen LogP contribution in [0.3, 0.4) is 0 Å². The Morgan fingerprint density at radius 1 is 1.47 bits per heavy atom. The van der Waals surface area contributed by atoms with E-state index in [-0.39, 0.29) is 6.61 Å². The molecular weight excluding hydrogens is 222 g/mol. The third-order valence-electron chi connectivity index (χ3n) is 2.35. The van der Waals surface area contributed by atoms with E-state index in [2.05, 4.69) is 15.0 Å². The third kappa shape index (κ3) is 2.51. The summed E-state index contributed by atoms with van der Waals surface area (Å²) in [5, 5.41) is 9.73. The van der Waals surface area contributed by atoms with Crippen molar-refractivity contribution in [3.63, 3.8) is 0 Å². The van der Waals surface area contributed by atoms with Crippen molar-refractivity contribution in [1.82, 2.24) is 19.5 Å². The van der Waals surface area contributed by atoms with Gasteiger partial charge in [0.2, 0.25) is 0 Å². The predicted octanol–water partition coefficient (Wildman–Crippen LogP) is -0.194. The molecule has 0 fully saturated rings. The molecule has 0 aliphatic carbocycles. The molecule has 2 aromatic heterocycles. The van der Waals surface area contributed by atoms with Crippen molar-refractivity contribution in [3.8, 4) is 0 Å². The standard InChI is InChI=1S/C10H15N5O2/c1-2-17-4-7(16)3-15-6-14-8-9(11)12-5-13-10(8)15/h5-7,16H,2-4H2,1H3,(H2,11,12,13). The average Bonchev–Trinajstić information content (AvgIpc) is 2.71. The van der Waals surface area contributed by atoms with Gasteiger partial charge in [-0.3, -0.25) is 0 Å². The summed E-state index contributed by atoms with van der Waals surface area (Å²) in [5.74, 6) is 0.341. The van der Waals surface area contributed by atoms with Crippen LogP contribution in [-0.2, 0) is 11.3 Å². The van der Waals surface area contributed by atoms with Crippen LogP contribution in [0.25, 0.3) is 11.2 Å². The molecule has 3 N–H and O–H groups in total. The topological polar surface area (TPSA) is 99.1 Å². The van der Waals surface area contributed by atoms with Crippen molar-refractivity contribution in [2.75, 3.05) is 18.9 Å². The van der Waals surface area contributed by atoms with Gasteiger partial charge in [0.1, 0.15) is 11.8 Å². The second kappa shape index (κ2) is 5.07. The van der Waals surface area contributed by atoms with Gasteiger partial charge >= 0.3 is 0 Å². The van der Waals surface area contributed by atoms with Gasteiger partial charge in [-0.05, 0) is 6.92 Å². The molecule has 0 radical (unpaired) electrons. The number of rotatable bonds is 5. The minimum absolute atomic E-state index is 0.288. The molecule has 0 aromatic carbocycles. The Morgan fingerprint density at radius 2 is 2.29 bits per heavy atom. The summed E-state index contributed by atoms with van der Waals surface area (Å²) in [7, 11) is 0. The number of nitrogen functional groups attached to an aromatic ring is 1. The molecule has 1 atom stereocenters. The first-order valence-corrected chi connectivity index (χ1v) is 5.39. The van der Waals surface area contributed by atoms with Gasteiger partial charge in [-0.15, -0.1) is 0 Å². The van der Waals surface area contributed by atoms with Gasteiger partial charge in [-0.25, -0.2) is 15.0 Å². The van der Waals surface area contributed by atoms with Gasteiger partial charge in [0.05, 0.1) is 25.6 Å². The highest BCUT2D eigenvalue weighted by Crippen LogP contribution is 2.14. The molecule has 17 heavy (non-hydrogen) atoms. The van der Waals surface area contributed by atoms with E-state index in [0.29, 0.717) is 30.1 Å². The normalized spacial score (nSPS) is 13.1. The maximum atomic E-state index is 9.73. The first-order valence-electron chi connectivity index (χ1n) is 5.39. The lowest BCUT2D eigenvalue weighted by Crippen LogP contribution is -2.21. The van der Waals surface area contributed by atoms with Crippen LogP contribution in [0.1, 0.15) is 6.92 Å². The highest BCUT2D eigenvalue weighted by Gasteiger charge is 2.11. The van der Waals surface area contributed by atoms with E-state index in [0.717, 1.165) is 0 Å². The van der Waals surface area contributed by atoms with Crippen molar-refractivity contribution in [1.29, 1.82) is 0 Å². The maximum absolute atomic E-state index is 9.73. The number of hydrogen-bond acceptors (Lipinski definition) is 6. The fourth-order valence-electron chi connectivity index (χ4n) is 1.57. The van der Waals surface area contributed by atoms with Crippen molar-refractivity contribution in [2.24, 2.45) is 0 Å². The molecule has 0 saturated heterocycles. The second-order valence-corrected chi connectivity index (χ2v) is 3.64. The molecular formula is C10H15N5O2. The molecule has 0 aliphatic rings. The molecule has 7 heteroatoms. The Labute approximate surface area is 98.3 Å². The van der Waals surface area contributed by atoms with E-state index in [1.807, 2.05) is 6.92 Å². The molecule has 7 nitrogen and oxygen atoms in total. The minimum Gasteiger partial charge on any atom is -0.389 e. The van der Waals surface area contributed by atoms with Crippen LogP contribution in [0.5, 0.6) is 0 Å². The zero-order valence-corrected chi connectivity index (χ0v) is 9.58. The summed E-state index contributed by atoms with van der Waals surface area (Å²) in [5.41, 5.74) is 6.84. The van der Waals surface area contributed by atoms with Crippen LogP contribution in [-0.4, -0.2) is 43.9 Å². The molecule has 2 rings (SSSR count). The lowest BCUT2D eigenvalue weighted by atomic mass is 10.3. The number of hydrogen-bond donors (Lipinski definition) is 2. The van der Waals surface area contributed by atoms with E-state index in [1.165, 1.54) is 6.33 Å². The number of aliphatic hydroxyl groups excluding tert-OH is 1. The summed E-state index contributed by atoms with van der Waals surface area (Å²) >= 11 is 0. The highest BCUT2D eigenvalue weighted by atomic mass is 16.5. The first kappa shape index (κ1) is 11.7. The van der Waals surface area contributed by atoms with E-state index in [1.54, 1.807) is 10.9 Å². The Hall–Kier alpha value is -1.73. The van der Waals surface area contributed by atoms with Gasteiger partial charge in [-0.1, -0.05) is 0 Å². The fourth-order valence-corrected chi connectivity index (χ4v) is 1.57. The van der Waals surface area contributed by atoms with Gasteiger partial charge in [0.25, 0.3) is 0 Å². The summed E-state index contributed by atoms with van der Waals surface area (Å²) in [6.07, 6.45) is 2.37. The van der Waals surface area contributed by atoms with Gasteiger partial charge in [-0.2, -0.15) is 0 Å². The summed E-state index contributed by atoms with van der Waals surface area (Å²) in [6.45, 7) is 3.12. The third-order valence-corrected chi connectivity index (χ3v) is 2.35. The lowest BCUT2D eigenvalue weighted by Gasteiger charge is -2.11. The van der Waals surface area contributed by atoms with E-state index in [4.69, 9.17) is 10.5 Å². The Kier molecular flexibility index (Phi) is 3.50. The molecule has 0 spiro atoms. The van der Waals surface area contributed by atoms with Gasteiger partial charge < -0.3 is 20.1 Å². The summed E-state index contributed by atoms with van der Waals surface area (Å²) < 4.78 is 6.87. The molecule has 92 valence electrons. The SMILES string of the molecule is CCOCC(O)Cn1cnc2c(N)ncnc21. The van der Waals surface area contributed by atoms with Crippen molar-refractivity contribution < 1.29 is 9.84 Å². The maximum Gasteiger partial charge on any atom is 0.165 e. The number of nitrogens with two attached hydrogens (primary N) is 1. The van der Waals surface area contributed by atoms with Crippen LogP contribution in [0.2, 0.25) is 0 Å². The van der Waals surface area contributed by atoms with Crippen LogP contribution in [0, 0.1) is 0 Å². The zero-order valence-electron chi connectivity index (χ0n) is 9.58. The molecule has 0 amide bonds. The Bertz CT molecular complexity index is 498. The number of fused-ring (bicyclic) bond motifs is 1.